The van der Waals surface area contributed by atoms with E-state index in [4.69, 9.17) is 0 Å². The number of likely N-dealkylation sites (tertiary alicyclic amines) is 2. The van der Waals surface area contributed by atoms with Gasteiger partial charge in [-0.05, 0) is 69.9 Å². The van der Waals surface area contributed by atoms with Crippen LogP contribution in [-0.2, 0) is 0 Å². The molecule has 0 unspecified atom stereocenters. The Morgan fingerprint density at radius 2 is 1.62 bits per heavy atom. The topological polar surface area (TPSA) is 56.7 Å². The summed E-state index contributed by atoms with van der Waals surface area (Å²) in [7, 11) is 4.29. The Hall–Kier alpha value is -2.86. The molecule has 2 aliphatic rings. The molecule has 0 amide bonds. The molecule has 5 nitrogen and oxygen atoms in total. The van der Waals surface area contributed by atoms with Crippen molar-refractivity contribution in [3.63, 3.8) is 0 Å². The largest absolute Gasteiger partial charge is 0.388 e. The molecule has 2 aromatic carbocycles. The van der Waals surface area contributed by atoms with E-state index < -0.39 is 6.10 Å². The summed E-state index contributed by atoms with van der Waals surface area (Å²) in [5.74, 6) is 0.210. The average Bonchev–Trinajstić information content (AvgIpc) is 3.38. The van der Waals surface area contributed by atoms with E-state index in [1.807, 2.05) is 79.1 Å². The molecule has 4 atom stereocenters. The molecule has 1 aromatic heterocycles. The maximum atomic E-state index is 12.5. The molecule has 3 heterocycles. The summed E-state index contributed by atoms with van der Waals surface area (Å²) >= 11 is 0. The number of Topliss-reactive ketones (excluding diaryl/α,β-unsaturated/α-hetero) is 1. The van der Waals surface area contributed by atoms with E-state index in [0.717, 1.165) is 36.8 Å². The Morgan fingerprint density at radius 3 is 2.27 bits per heavy atom. The van der Waals surface area contributed by atoms with E-state index in [2.05, 4.69) is 34.9 Å². The Bertz CT molecular complexity index is 1080. The standard InChI is InChI=1S/C22H27NO2.C10H14N2/c1-23-19(15-21(24)17-9-4-2-5-10-17)13-8-14-20(23)16-22(25)18-11-6-3-7-12-18;1-12-7-3-5-10(12)9-4-2-6-11-8-9/h2-7,9-12,19-21,24H,8,13-16H2,1H3;2,4,6,8,10H,3,5,7H2,1H3/t19-,20+,21-;10-/m00/s1. The molecule has 3 aromatic rings. The van der Waals surface area contributed by atoms with E-state index in [1.54, 1.807) is 0 Å². The van der Waals surface area contributed by atoms with Crippen molar-refractivity contribution < 1.29 is 9.90 Å². The van der Waals surface area contributed by atoms with Gasteiger partial charge >= 0.3 is 0 Å². The smallest absolute Gasteiger partial charge is 0.164 e. The van der Waals surface area contributed by atoms with Crippen LogP contribution in [0.25, 0.3) is 0 Å². The lowest BCUT2D eigenvalue weighted by Crippen LogP contribution is -2.45. The summed E-state index contributed by atoms with van der Waals surface area (Å²) < 4.78 is 0. The van der Waals surface area contributed by atoms with Crippen molar-refractivity contribution in [2.75, 3.05) is 20.6 Å². The number of aliphatic hydroxyl groups is 1. The molecule has 0 aliphatic carbocycles. The third-order valence-corrected chi connectivity index (χ3v) is 8.01. The second-order valence-electron chi connectivity index (χ2n) is 10.5. The summed E-state index contributed by atoms with van der Waals surface area (Å²) in [6.45, 7) is 1.22. The van der Waals surface area contributed by atoms with Crippen molar-refractivity contribution in [1.82, 2.24) is 14.8 Å². The molecule has 0 bridgehead atoms. The molecule has 0 spiro atoms. The summed E-state index contributed by atoms with van der Waals surface area (Å²) in [5.41, 5.74) is 3.12. The number of ketones is 1. The number of pyridine rings is 1. The van der Waals surface area contributed by atoms with Crippen LogP contribution in [0.1, 0.15) is 78.6 Å². The van der Waals surface area contributed by atoms with Crippen LogP contribution in [0.3, 0.4) is 0 Å². The van der Waals surface area contributed by atoms with Gasteiger partial charge in [0.2, 0.25) is 0 Å². The molecular formula is C32H41N3O2. The Kier molecular flexibility index (Phi) is 10.0. The number of aromatic nitrogens is 1. The summed E-state index contributed by atoms with van der Waals surface area (Å²) in [6, 6.07) is 24.8. The van der Waals surface area contributed by atoms with Crippen LogP contribution in [-0.4, -0.2) is 58.4 Å². The van der Waals surface area contributed by atoms with Gasteiger partial charge in [0.05, 0.1) is 6.10 Å². The van der Waals surface area contributed by atoms with Gasteiger partial charge in [-0.3, -0.25) is 19.6 Å². The molecule has 2 saturated heterocycles. The van der Waals surface area contributed by atoms with Gasteiger partial charge in [0, 0.05) is 42.5 Å². The zero-order valence-corrected chi connectivity index (χ0v) is 22.2. The van der Waals surface area contributed by atoms with Crippen LogP contribution >= 0.6 is 0 Å². The molecule has 0 radical (unpaired) electrons. The van der Waals surface area contributed by atoms with Gasteiger partial charge in [0.1, 0.15) is 0 Å². The molecule has 2 fully saturated rings. The van der Waals surface area contributed by atoms with Crippen LogP contribution in [0.4, 0.5) is 0 Å². The first kappa shape index (κ1) is 27.2. The molecule has 2 aliphatic heterocycles. The van der Waals surface area contributed by atoms with Crippen molar-refractivity contribution in [2.45, 2.75) is 69.2 Å². The number of nitrogens with zero attached hydrogens (tertiary/aromatic N) is 3. The molecule has 37 heavy (non-hydrogen) atoms. The van der Waals surface area contributed by atoms with E-state index in [0.29, 0.717) is 18.5 Å². The number of rotatable bonds is 7. The highest BCUT2D eigenvalue weighted by Crippen LogP contribution is 2.31. The van der Waals surface area contributed by atoms with Crippen molar-refractivity contribution in [2.24, 2.45) is 0 Å². The fraction of sp³-hybridized carbons (Fsp3) is 0.438. The van der Waals surface area contributed by atoms with Gasteiger partial charge in [-0.25, -0.2) is 0 Å². The third kappa shape index (κ3) is 7.57. The second-order valence-corrected chi connectivity index (χ2v) is 10.5. The highest BCUT2D eigenvalue weighted by Gasteiger charge is 2.30. The summed E-state index contributed by atoms with van der Waals surface area (Å²) in [5, 5.41) is 10.5. The molecular weight excluding hydrogens is 458 g/mol. The summed E-state index contributed by atoms with van der Waals surface area (Å²) in [4.78, 5) is 21.4. The maximum absolute atomic E-state index is 12.5. The lowest BCUT2D eigenvalue weighted by atomic mass is 9.88. The molecule has 0 saturated carbocycles. The van der Waals surface area contributed by atoms with Gasteiger partial charge in [0.15, 0.2) is 5.78 Å². The molecule has 196 valence electrons. The Morgan fingerprint density at radius 1 is 0.919 bits per heavy atom. The lowest BCUT2D eigenvalue weighted by molar-refractivity contribution is 0.0549. The summed E-state index contributed by atoms with van der Waals surface area (Å²) in [6.07, 6.45) is 10.5. The number of piperidine rings is 1. The maximum Gasteiger partial charge on any atom is 0.164 e. The van der Waals surface area contributed by atoms with E-state index in [1.165, 1.54) is 24.9 Å². The first-order chi connectivity index (χ1) is 18.0. The zero-order chi connectivity index (χ0) is 26.0. The van der Waals surface area contributed by atoms with Crippen LogP contribution < -0.4 is 0 Å². The number of aliphatic hydroxyl groups excluding tert-OH is 1. The van der Waals surface area contributed by atoms with Gasteiger partial charge in [-0.2, -0.15) is 0 Å². The molecule has 5 heteroatoms. The predicted octanol–water partition coefficient (Wildman–Crippen LogP) is 6.08. The average molecular weight is 500 g/mol. The third-order valence-electron chi connectivity index (χ3n) is 8.01. The Labute approximate surface area is 222 Å². The fourth-order valence-corrected chi connectivity index (χ4v) is 5.75. The number of carbonyl (C=O) groups is 1. The fourth-order valence-electron chi connectivity index (χ4n) is 5.75. The van der Waals surface area contributed by atoms with Crippen molar-refractivity contribution in [1.29, 1.82) is 0 Å². The van der Waals surface area contributed by atoms with Crippen LogP contribution in [0.15, 0.2) is 85.2 Å². The van der Waals surface area contributed by atoms with E-state index in [-0.39, 0.29) is 11.8 Å². The SMILES string of the molecule is CN1CCC[C@H]1c1cccnc1.CN1[C@@H](CC(=O)c2ccccc2)CCC[C@H]1C[C@H](O)c1ccccc1. The second kappa shape index (κ2) is 13.6. The zero-order valence-electron chi connectivity index (χ0n) is 22.2. The minimum atomic E-state index is -0.447. The van der Waals surface area contributed by atoms with Gasteiger partial charge in [-0.1, -0.05) is 73.2 Å². The minimum Gasteiger partial charge on any atom is -0.388 e. The normalized spacial score (nSPS) is 23.2. The van der Waals surface area contributed by atoms with Crippen molar-refractivity contribution in [3.05, 3.63) is 102 Å². The minimum absolute atomic E-state index is 0.210. The highest BCUT2D eigenvalue weighted by atomic mass is 16.3. The lowest BCUT2D eigenvalue weighted by Gasteiger charge is -2.40. The number of hydrogen-bond donors (Lipinski definition) is 1. The number of benzene rings is 2. The first-order valence-corrected chi connectivity index (χ1v) is 13.7. The first-order valence-electron chi connectivity index (χ1n) is 13.7. The van der Waals surface area contributed by atoms with Gasteiger partial charge in [-0.15, -0.1) is 0 Å². The monoisotopic (exact) mass is 499 g/mol. The van der Waals surface area contributed by atoms with Crippen molar-refractivity contribution >= 4 is 5.78 Å². The van der Waals surface area contributed by atoms with Crippen LogP contribution in [0.5, 0.6) is 0 Å². The number of carbonyl (C=O) groups excluding carboxylic acids is 1. The number of hydrogen-bond acceptors (Lipinski definition) is 5. The van der Waals surface area contributed by atoms with E-state index >= 15 is 0 Å². The Balaban J connectivity index is 0.000000222. The van der Waals surface area contributed by atoms with E-state index in [9.17, 15) is 9.90 Å². The van der Waals surface area contributed by atoms with Crippen LogP contribution in [0.2, 0.25) is 0 Å². The molecule has 5 rings (SSSR count). The van der Waals surface area contributed by atoms with Crippen LogP contribution in [0, 0.1) is 0 Å². The van der Waals surface area contributed by atoms with Gasteiger partial charge < -0.3 is 5.11 Å². The van der Waals surface area contributed by atoms with Gasteiger partial charge in [0.25, 0.3) is 0 Å². The quantitative estimate of drug-likeness (QED) is 0.399. The highest BCUT2D eigenvalue weighted by molar-refractivity contribution is 5.96. The van der Waals surface area contributed by atoms with Crippen molar-refractivity contribution in [3.8, 4) is 0 Å². The predicted molar refractivity (Wildman–Crippen MR) is 149 cm³/mol. The molecule has 1 N–H and O–H groups in total.